The van der Waals surface area contributed by atoms with Gasteiger partial charge in [0.05, 0.1) is 0 Å². The lowest BCUT2D eigenvalue weighted by molar-refractivity contribution is 1.01. The van der Waals surface area contributed by atoms with E-state index in [1.54, 1.807) is 0 Å². The Morgan fingerprint density at radius 2 is 2.05 bits per heavy atom. The minimum Gasteiger partial charge on any atom is -0.335 e. The molecule has 0 amide bonds. The molecule has 1 aliphatic rings. The maximum absolute atomic E-state index is 2.33. The third-order valence-electron chi connectivity index (χ3n) is 3.91. The van der Waals surface area contributed by atoms with Crippen molar-refractivity contribution in [1.82, 2.24) is 4.57 Å². The van der Waals surface area contributed by atoms with Gasteiger partial charge < -0.3 is 4.57 Å². The number of rotatable bonds is 0. The van der Waals surface area contributed by atoms with Crippen LogP contribution in [0.5, 0.6) is 0 Å². The molecule has 1 aliphatic carbocycles. The molecule has 0 N–H and O–H groups in total. The van der Waals surface area contributed by atoms with E-state index >= 15 is 0 Å². The van der Waals surface area contributed by atoms with E-state index in [1.807, 2.05) is 11.3 Å². The van der Waals surface area contributed by atoms with Crippen molar-refractivity contribution in [2.45, 2.75) is 12.8 Å². The van der Waals surface area contributed by atoms with Crippen molar-refractivity contribution in [2.24, 2.45) is 7.05 Å². The predicted molar refractivity (Wildman–Crippen MR) is 84.8 cm³/mol. The van der Waals surface area contributed by atoms with Gasteiger partial charge in [0.1, 0.15) is 4.83 Å². The topological polar surface area (TPSA) is 4.93 Å². The average molecular weight is 265 g/mol. The second kappa shape index (κ2) is 4.10. The highest BCUT2D eigenvalue weighted by Gasteiger charge is 2.17. The molecule has 0 saturated heterocycles. The molecule has 1 nitrogen and oxygen atoms in total. The number of hydrogen-bond acceptors (Lipinski definition) is 1. The molecule has 4 rings (SSSR count). The highest BCUT2D eigenvalue weighted by atomic mass is 32.1. The Hall–Kier alpha value is -1.80. The van der Waals surface area contributed by atoms with Crippen LogP contribution in [0.25, 0.3) is 27.2 Å². The van der Waals surface area contributed by atoms with Gasteiger partial charge in [-0.15, -0.1) is 11.3 Å². The molecular weight excluding hydrogens is 250 g/mol. The first-order chi connectivity index (χ1) is 9.36. The van der Waals surface area contributed by atoms with E-state index in [1.165, 1.54) is 31.6 Å². The Morgan fingerprint density at radius 1 is 1.16 bits per heavy atom. The molecule has 0 bridgehead atoms. The number of para-hydroxylation sites is 1. The lowest BCUT2D eigenvalue weighted by Crippen LogP contribution is -1.85. The lowest BCUT2D eigenvalue weighted by Gasteiger charge is -2.02. The van der Waals surface area contributed by atoms with E-state index in [9.17, 15) is 0 Å². The number of thiophene rings is 1. The summed E-state index contributed by atoms with van der Waals surface area (Å²) in [5, 5.41) is 2.87. The summed E-state index contributed by atoms with van der Waals surface area (Å²) in [6, 6.07) is 8.73. The number of nitrogens with zero attached hydrogens (tertiary/aromatic N) is 1. The predicted octanol–water partition coefficient (Wildman–Crippen LogP) is 4.91. The number of benzene rings is 1. The number of allylic oxidation sites excluding steroid dienone is 3. The zero-order valence-corrected chi connectivity index (χ0v) is 11.7. The van der Waals surface area contributed by atoms with Gasteiger partial charge in [-0.2, -0.15) is 0 Å². The van der Waals surface area contributed by atoms with E-state index < -0.39 is 0 Å². The molecule has 0 saturated carbocycles. The van der Waals surface area contributed by atoms with Crippen LogP contribution in [0.15, 0.2) is 42.5 Å². The normalized spacial score (nSPS) is 18.2. The number of hydrogen-bond donors (Lipinski definition) is 0. The van der Waals surface area contributed by atoms with Gasteiger partial charge >= 0.3 is 0 Å². The van der Waals surface area contributed by atoms with Gasteiger partial charge in [-0.3, -0.25) is 0 Å². The summed E-state index contributed by atoms with van der Waals surface area (Å²) >= 11 is 1.92. The highest BCUT2D eigenvalue weighted by molar-refractivity contribution is 7.20. The summed E-state index contributed by atoms with van der Waals surface area (Å²) in [4.78, 5) is 2.83. The Labute approximate surface area is 116 Å². The largest absolute Gasteiger partial charge is 0.335 e. The van der Waals surface area contributed by atoms with Gasteiger partial charge in [-0.1, -0.05) is 36.4 Å². The van der Waals surface area contributed by atoms with Crippen LogP contribution < -0.4 is 0 Å². The second-order valence-corrected chi connectivity index (χ2v) is 6.06. The van der Waals surface area contributed by atoms with E-state index in [0.29, 0.717) is 0 Å². The quantitative estimate of drug-likeness (QED) is 0.544. The van der Waals surface area contributed by atoms with Gasteiger partial charge in [0.15, 0.2) is 0 Å². The molecule has 0 unspecified atom stereocenters. The maximum Gasteiger partial charge on any atom is 0.104 e. The van der Waals surface area contributed by atoms with Gasteiger partial charge in [0.25, 0.3) is 0 Å². The van der Waals surface area contributed by atoms with Crippen LogP contribution in [0.4, 0.5) is 0 Å². The first kappa shape index (κ1) is 11.1. The van der Waals surface area contributed by atoms with Crippen molar-refractivity contribution in [2.75, 3.05) is 0 Å². The van der Waals surface area contributed by atoms with Crippen molar-refractivity contribution in [3.05, 3.63) is 52.9 Å². The monoisotopic (exact) mass is 265 g/mol. The van der Waals surface area contributed by atoms with E-state index in [2.05, 4.69) is 60.2 Å². The summed E-state index contributed by atoms with van der Waals surface area (Å²) in [5.41, 5.74) is 2.87. The first-order valence-electron chi connectivity index (χ1n) is 6.68. The molecule has 0 radical (unpaired) electrons. The zero-order chi connectivity index (χ0) is 12.8. The molecule has 0 fully saturated rings. The molecule has 3 aromatic rings. The van der Waals surface area contributed by atoms with Crippen LogP contribution in [-0.4, -0.2) is 4.57 Å². The summed E-state index contributed by atoms with van der Waals surface area (Å²) < 4.78 is 2.33. The molecule has 1 aromatic carbocycles. The Morgan fingerprint density at radius 3 is 3.00 bits per heavy atom. The maximum atomic E-state index is 2.33. The summed E-state index contributed by atoms with van der Waals surface area (Å²) in [6.45, 7) is 0. The fourth-order valence-electron chi connectivity index (χ4n) is 3.00. The third-order valence-corrected chi connectivity index (χ3v) is 5.19. The summed E-state index contributed by atoms with van der Waals surface area (Å²) in [7, 11) is 2.18. The molecule has 19 heavy (non-hydrogen) atoms. The second-order valence-electron chi connectivity index (χ2n) is 5.03. The smallest absolute Gasteiger partial charge is 0.104 e. The molecule has 2 aromatic heterocycles. The van der Waals surface area contributed by atoms with E-state index in [4.69, 9.17) is 0 Å². The van der Waals surface area contributed by atoms with Crippen LogP contribution in [0.3, 0.4) is 0 Å². The third kappa shape index (κ3) is 1.53. The first-order valence-corrected chi connectivity index (χ1v) is 7.50. The van der Waals surface area contributed by atoms with E-state index in [0.717, 1.165) is 12.8 Å². The highest BCUT2D eigenvalue weighted by Crippen LogP contribution is 2.40. The Kier molecular flexibility index (Phi) is 2.39. The molecule has 0 aliphatic heterocycles. The molecule has 0 atom stereocenters. The minimum absolute atomic E-state index is 1.13. The fourth-order valence-corrected chi connectivity index (χ4v) is 4.25. The summed E-state index contributed by atoms with van der Waals surface area (Å²) in [5.74, 6) is 0. The van der Waals surface area contributed by atoms with Crippen molar-refractivity contribution >= 4 is 38.5 Å². The molecule has 2 heteroatoms. The van der Waals surface area contributed by atoms with Crippen LogP contribution in [0.1, 0.15) is 16.9 Å². The number of aromatic nitrogens is 1. The Balaban J connectivity index is 2.15. The molecule has 94 valence electrons. The average Bonchev–Trinajstić information content (AvgIpc) is 2.88. The van der Waals surface area contributed by atoms with Gasteiger partial charge in [-0.05, 0) is 30.5 Å². The van der Waals surface area contributed by atoms with Crippen LogP contribution in [0, 0.1) is 0 Å². The van der Waals surface area contributed by atoms with Crippen molar-refractivity contribution < 1.29 is 0 Å². The molecule has 0 spiro atoms. The lowest BCUT2D eigenvalue weighted by atomic mass is 10.0. The van der Waals surface area contributed by atoms with Gasteiger partial charge in [0, 0.05) is 28.2 Å². The van der Waals surface area contributed by atoms with Crippen LogP contribution >= 0.6 is 11.3 Å². The Bertz CT molecular complexity index is 830. The van der Waals surface area contributed by atoms with Gasteiger partial charge in [0.2, 0.25) is 0 Å². The van der Waals surface area contributed by atoms with Crippen LogP contribution in [0.2, 0.25) is 0 Å². The fraction of sp³-hybridized carbons (Fsp3) is 0.176. The number of fused-ring (bicyclic) bond motifs is 5. The van der Waals surface area contributed by atoms with E-state index in [-0.39, 0.29) is 0 Å². The summed E-state index contributed by atoms with van der Waals surface area (Å²) in [6.07, 6.45) is 11.1. The van der Waals surface area contributed by atoms with Crippen LogP contribution in [-0.2, 0) is 13.5 Å². The minimum atomic E-state index is 1.13. The van der Waals surface area contributed by atoms with Crippen molar-refractivity contribution in [3.63, 3.8) is 0 Å². The zero-order valence-electron chi connectivity index (χ0n) is 10.9. The van der Waals surface area contributed by atoms with Crippen molar-refractivity contribution in [3.8, 4) is 0 Å². The molecule has 2 heterocycles. The number of aryl methyl sites for hydroxylation is 2. The molecular formula is C17H15NS. The standard InChI is InChI=1S/C17H15NS/c1-18-14-10-7-6-8-12(14)16-13-9-4-2-3-5-11-15(13)19-17(16)18/h2-3,5-8,10-11H,4,9H2,1H3/b3-2-,11-5-. The van der Waals surface area contributed by atoms with Gasteiger partial charge in [-0.25, -0.2) is 0 Å². The SMILES string of the molecule is Cn1c2ccccc2c2c3c(sc21)/C=C\C=C/CC3. The van der Waals surface area contributed by atoms with Crippen molar-refractivity contribution in [1.29, 1.82) is 0 Å².